The average molecular weight is 258 g/mol. The largest absolute Gasteiger partial charge is 0.354 e. The molecule has 1 aromatic carbocycles. The number of rotatable bonds is 2. The van der Waals surface area contributed by atoms with Crippen LogP contribution in [0.5, 0.6) is 0 Å². The zero-order valence-corrected chi connectivity index (χ0v) is 10.5. The van der Waals surface area contributed by atoms with E-state index >= 15 is 0 Å². The number of halogens is 1. The second kappa shape index (κ2) is 5.32. The van der Waals surface area contributed by atoms with Gasteiger partial charge >= 0.3 is 0 Å². The van der Waals surface area contributed by atoms with E-state index in [-0.39, 0.29) is 5.82 Å². The summed E-state index contributed by atoms with van der Waals surface area (Å²) in [5.41, 5.74) is 0.706. The minimum atomic E-state index is -0.270. The van der Waals surface area contributed by atoms with Crippen LogP contribution in [0.2, 0.25) is 0 Å². The second-order valence-electron chi connectivity index (χ2n) is 4.49. The monoisotopic (exact) mass is 258 g/mol. The maximum absolute atomic E-state index is 13.2. The zero-order chi connectivity index (χ0) is 13.1. The van der Waals surface area contributed by atoms with Crippen molar-refractivity contribution < 1.29 is 4.39 Å². The van der Waals surface area contributed by atoms with Crippen LogP contribution in [-0.2, 0) is 0 Å². The number of nitrogens with one attached hydrogen (secondary N) is 1. The van der Waals surface area contributed by atoms with Crippen molar-refractivity contribution in [2.45, 2.75) is 0 Å². The molecule has 5 heteroatoms. The van der Waals surface area contributed by atoms with Crippen LogP contribution in [0.25, 0.3) is 11.4 Å². The van der Waals surface area contributed by atoms with Gasteiger partial charge in [0, 0.05) is 37.9 Å². The van der Waals surface area contributed by atoms with E-state index in [1.807, 2.05) is 12.1 Å². The topological polar surface area (TPSA) is 41.1 Å². The van der Waals surface area contributed by atoms with E-state index < -0.39 is 0 Å². The third-order valence-electron chi connectivity index (χ3n) is 3.16. The summed E-state index contributed by atoms with van der Waals surface area (Å²) in [6, 6.07) is 8.26. The van der Waals surface area contributed by atoms with Gasteiger partial charge in [-0.1, -0.05) is 12.1 Å². The Bertz CT molecular complexity index is 567. The lowest BCUT2D eigenvalue weighted by molar-refractivity contribution is 0.585. The molecule has 0 bridgehead atoms. The Kier molecular flexibility index (Phi) is 3.37. The molecule has 0 aliphatic carbocycles. The molecule has 3 rings (SSSR count). The first-order chi connectivity index (χ1) is 9.33. The SMILES string of the molecule is Fc1cccc(-c2nccc(N3CCNCC3)n2)c1. The molecule has 1 aliphatic heterocycles. The molecule has 2 aromatic rings. The van der Waals surface area contributed by atoms with Crippen molar-refractivity contribution in [2.75, 3.05) is 31.1 Å². The van der Waals surface area contributed by atoms with Crippen molar-refractivity contribution in [3.63, 3.8) is 0 Å². The standard InChI is InChI=1S/C14H15FN4/c15-12-3-1-2-11(10-12)14-17-5-4-13(18-14)19-8-6-16-7-9-19/h1-5,10,16H,6-9H2. The second-order valence-corrected chi connectivity index (χ2v) is 4.49. The van der Waals surface area contributed by atoms with Crippen molar-refractivity contribution >= 4 is 5.82 Å². The minimum Gasteiger partial charge on any atom is -0.354 e. The molecule has 1 aliphatic rings. The van der Waals surface area contributed by atoms with Gasteiger partial charge in [-0.05, 0) is 18.2 Å². The summed E-state index contributed by atoms with van der Waals surface area (Å²) < 4.78 is 13.2. The first kappa shape index (κ1) is 12.0. The fraction of sp³-hybridized carbons (Fsp3) is 0.286. The minimum absolute atomic E-state index is 0.270. The highest BCUT2D eigenvalue weighted by atomic mass is 19.1. The van der Waals surface area contributed by atoms with Crippen LogP contribution < -0.4 is 10.2 Å². The predicted molar refractivity (Wildman–Crippen MR) is 72.5 cm³/mol. The molecule has 1 aromatic heterocycles. The van der Waals surface area contributed by atoms with Crippen LogP contribution in [0.3, 0.4) is 0 Å². The number of nitrogens with zero attached hydrogens (tertiary/aromatic N) is 3. The number of benzene rings is 1. The van der Waals surface area contributed by atoms with Gasteiger partial charge in [-0.15, -0.1) is 0 Å². The number of aromatic nitrogens is 2. The summed E-state index contributed by atoms with van der Waals surface area (Å²) in [6.07, 6.45) is 1.73. The van der Waals surface area contributed by atoms with E-state index in [2.05, 4.69) is 20.2 Å². The fourth-order valence-corrected chi connectivity index (χ4v) is 2.19. The van der Waals surface area contributed by atoms with Gasteiger partial charge in [-0.25, -0.2) is 14.4 Å². The van der Waals surface area contributed by atoms with Crippen LogP contribution in [-0.4, -0.2) is 36.1 Å². The van der Waals surface area contributed by atoms with E-state index in [4.69, 9.17) is 0 Å². The predicted octanol–water partition coefficient (Wildman–Crippen LogP) is 1.69. The Balaban J connectivity index is 1.91. The van der Waals surface area contributed by atoms with Gasteiger partial charge in [0.15, 0.2) is 5.82 Å². The summed E-state index contributed by atoms with van der Waals surface area (Å²) in [5.74, 6) is 1.19. The Morgan fingerprint density at radius 2 is 2.00 bits per heavy atom. The lowest BCUT2D eigenvalue weighted by atomic mass is 10.2. The molecule has 19 heavy (non-hydrogen) atoms. The maximum Gasteiger partial charge on any atom is 0.161 e. The molecule has 0 atom stereocenters. The first-order valence-corrected chi connectivity index (χ1v) is 6.37. The highest BCUT2D eigenvalue weighted by Gasteiger charge is 2.12. The smallest absolute Gasteiger partial charge is 0.161 e. The highest BCUT2D eigenvalue weighted by molar-refractivity contribution is 5.57. The Labute approximate surface area is 111 Å². The number of hydrogen-bond acceptors (Lipinski definition) is 4. The lowest BCUT2D eigenvalue weighted by Crippen LogP contribution is -2.43. The molecule has 4 nitrogen and oxygen atoms in total. The number of piperazine rings is 1. The quantitative estimate of drug-likeness (QED) is 0.890. The van der Waals surface area contributed by atoms with Crippen LogP contribution in [0, 0.1) is 5.82 Å². The van der Waals surface area contributed by atoms with Gasteiger partial charge in [-0.3, -0.25) is 0 Å². The molecule has 0 saturated carbocycles. The van der Waals surface area contributed by atoms with Gasteiger partial charge in [-0.2, -0.15) is 0 Å². The maximum atomic E-state index is 13.2. The first-order valence-electron chi connectivity index (χ1n) is 6.37. The van der Waals surface area contributed by atoms with Crippen molar-refractivity contribution in [1.82, 2.24) is 15.3 Å². The molecule has 1 fully saturated rings. The zero-order valence-electron chi connectivity index (χ0n) is 10.5. The van der Waals surface area contributed by atoms with Crippen molar-refractivity contribution in [3.8, 4) is 11.4 Å². The number of anilines is 1. The Morgan fingerprint density at radius 3 is 2.79 bits per heavy atom. The van der Waals surface area contributed by atoms with Crippen molar-refractivity contribution in [3.05, 3.63) is 42.3 Å². The summed E-state index contributed by atoms with van der Waals surface area (Å²) >= 11 is 0. The highest BCUT2D eigenvalue weighted by Crippen LogP contribution is 2.19. The number of hydrogen-bond donors (Lipinski definition) is 1. The van der Waals surface area contributed by atoms with Gasteiger partial charge in [0.25, 0.3) is 0 Å². The molecular weight excluding hydrogens is 243 g/mol. The fourth-order valence-electron chi connectivity index (χ4n) is 2.19. The molecule has 98 valence electrons. The molecule has 2 heterocycles. The summed E-state index contributed by atoms with van der Waals surface area (Å²) in [7, 11) is 0. The molecule has 1 N–H and O–H groups in total. The van der Waals surface area contributed by atoms with Crippen LogP contribution >= 0.6 is 0 Å². The van der Waals surface area contributed by atoms with E-state index in [0.717, 1.165) is 32.0 Å². The van der Waals surface area contributed by atoms with Crippen LogP contribution in [0.1, 0.15) is 0 Å². The van der Waals surface area contributed by atoms with E-state index in [1.54, 1.807) is 12.3 Å². The van der Waals surface area contributed by atoms with Crippen LogP contribution in [0.4, 0.5) is 10.2 Å². The van der Waals surface area contributed by atoms with Crippen molar-refractivity contribution in [1.29, 1.82) is 0 Å². The average Bonchev–Trinajstić information content (AvgIpc) is 2.48. The van der Waals surface area contributed by atoms with Gasteiger partial charge in [0.1, 0.15) is 11.6 Å². The molecule has 0 unspecified atom stereocenters. The summed E-state index contributed by atoms with van der Waals surface area (Å²) in [4.78, 5) is 11.0. The van der Waals surface area contributed by atoms with E-state index in [1.165, 1.54) is 12.1 Å². The molecule has 0 spiro atoms. The van der Waals surface area contributed by atoms with Gasteiger partial charge in [0.05, 0.1) is 0 Å². The van der Waals surface area contributed by atoms with E-state index in [9.17, 15) is 4.39 Å². The summed E-state index contributed by atoms with van der Waals surface area (Å²) in [6.45, 7) is 3.78. The van der Waals surface area contributed by atoms with Gasteiger partial charge in [0.2, 0.25) is 0 Å². The van der Waals surface area contributed by atoms with Gasteiger partial charge < -0.3 is 10.2 Å². The van der Waals surface area contributed by atoms with E-state index in [0.29, 0.717) is 11.4 Å². The van der Waals surface area contributed by atoms with Crippen LogP contribution in [0.15, 0.2) is 36.5 Å². The normalized spacial score (nSPS) is 15.5. The summed E-state index contributed by atoms with van der Waals surface area (Å²) in [5, 5.41) is 3.30. The third kappa shape index (κ3) is 2.71. The Hall–Kier alpha value is -2.01. The third-order valence-corrected chi connectivity index (χ3v) is 3.16. The Morgan fingerprint density at radius 1 is 1.16 bits per heavy atom. The molecule has 0 radical (unpaired) electrons. The molecule has 0 amide bonds. The molecular formula is C14H15FN4. The lowest BCUT2D eigenvalue weighted by Gasteiger charge is -2.28. The van der Waals surface area contributed by atoms with Crippen molar-refractivity contribution in [2.24, 2.45) is 0 Å². The molecule has 1 saturated heterocycles.